The summed E-state index contributed by atoms with van der Waals surface area (Å²) in [6, 6.07) is 0. The molecule has 1 N–H and O–H groups in total. The zero-order chi connectivity index (χ0) is 12.1. The van der Waals surface area contributed by atoms with Crippen molar-refractivity contribution in [3.05, 3.63) is 16.4 Å². The normalized spacial score (nSPS) is 10.2. The summed E-state index contributed by atoms with van der Waals surface area (Å²) in [5, 5.41) is 12.8. The number of anilines is 1. The average molecular weight is 234 g/mol. The van der Waals surface area contributed by atoms with Gasteiger partial charge in [-0.3, -0.25) is 10.1 Å². The highest BCUT2D eigenvalue weighted by atomic mass is 19.3. The summed E-state index contributed by atoms with van der Waals surface area (Å²) in [7, 11) is 1.19. The number of ether oxygens (including phenoxy) is 1. The van der Waals surface area contributed by atoms with Gasteiger partial charge in [0.25, 0.3) is 12.3 Å². The number of hydrogen-bond donors (Lipinski definition) is 1. The van der Waals surface area contributed by atoms with Crippen molar-refractivity contribution in [1.29, 1.82) is 0 Å². The molecule has 0 aromatic carbocycles. The number of alkyl halides is 2. The molecule has 0 aliphatic carbocycles. The molecule has 0 atom stereocenters. The fourth-order valence-corrected chi connectivity index (χ4v) is 0.980. The fraction of sp³-hybridized carbons (Fsp3) is 0.429. The molecule has 9 heteroatoms. The molecule has 0 bridgehead atoms. The number of rotatable bonds is 5. The van der Waals surface area contributed by atoms with E-state index in [4.69, 9.17) is 0 Å². The molecule has 0 radical (unpaired) electrons. The van der Waals surface area contributed by atoms with E-state index >= 15 is 0 Å². The molecule has 1 aromatic heterocycles. The van der Waals surface area contributed by atoms with Gasteiger partial charge in [0.05, 0.1) is 18.6 Å². The molecule has 7 nitrogen and oxygen atoms in total. The van der Waals surface area contributed by atoms with Crippen LogP contribution in [0.5, 0.6) is 5.88 Å². The van der Waals surface area contributed by atoms with Crippen LogP contribution in [0.2, 0.25) is 0 Å². The zero-order valence-corrected chi connectivity index (χ0v) is 8.18. The highest BCUT2D eigenvalue weighted by Gasteiger charge is 2.24. The van der Waals surface area contributed by atoms with E-state index in [1.54, 1.807) is 0 Å². The van der Waals surface area contributed by atoms with Crippen LogP contribution in [0, 0.1) is 10.1 Å². The molecule has 0 aliphatic rings. The van der Waals surface area contributed by atoms with Crippen molar-refractivity contribution >= 4 is 11.5 Å². The van der Waals surface area contributed by atoms with Gasteiger partial charge in [-0.1, -0.05) is 0 Å². The minimum absolute atomic E-state index is 0.281. The van der Waals surface area contributed by atoms with Gasteiger partial charge in [0, 0.05) is 0 Å². The Morgan fingerprint density at radius 1 is 1.62 bits per heavy atom. The molecule has 0 amide bonds. The Bertz CT molecular complexity index is 388. The van der Waals surface area contributed by atoms with Crippen LogP contribution in [0.4, 0.5) is 20.3 Å². The molecule has 0 saturated carbocycles. The number of nitrogens with one attached hydrogen (secondary N) is 1. The van der Waals surface area contributed by atoms with Crippen molar-refractivity contribution in [3.8, 4) is 5.88 Å². The predicted molar refractivity (Wildman–Crippen MR) is 49.7 cm³/mol. The number of aromatic nitrogens is 2. The van der Waals surface area contributed by atoms with Crippen LogP contribution in [0.25, 0.3) is 0 Å². The monoisotopic (exact) mass is 234 g/mol. The molecular formula is C7H8F2N4O3. The molecule has 0 saturated heterocycles. The van der Waals surface area contributed by atoms with Crippen LogP contribution >= 0.6 is 0 Å². The van der Waals surface area contributed by atoms with E-state index in [0.717, 1.165) is 6.33 Å². The van der Waals surface area contributed by atoms with E-state index in [-0.39, 0.29) is 11.7 Å². The Labute approximate surface area is 88.6 Å². The van der Waals surface area contributed by atoms with E-state index in [9.17, 15) is 18.9 Å². The maximum Gasteiger partial charge on any atom is 0.372 e. The second-order valence-corrected chi connectivity index (χ2v) is 2.61. The zero-order valence-electron chi connectivity index (χ0n) is 8.18. The summed E-state index contributed by atoms with van der Waals surface area (Å²) in [6.45, 7) is -0.735. The highest BCUT2D eigenvalue weighted by Crippen LogP contribution is 2.30. The van der Waals surface area contributed by atoms with E-state index in [1.165, 1.54) is 7.11 Å². The third-order valence-corrected chi connectivity index (χ3v) is 1.59. The largest absolute Gasteiger partial charge is 0.476 e. The standard InChI is InChI=1S/C7H8F2N4O3/c1-16-7-5(13(14)15)6(11-3-12-7)10-2-4(8)9/h3-4H,2H2,1H3,(H,10,11,12). The van der Waals surface area contributed by atoms with E-state index in [2.05, 4.69) is 20.0 Å². The molecule has 0 fully saturated rings. The summed E-state index contributed by atoms with van der Waals surface area (Å²) in [5.41, 5.74) is -0.564. The van der Waals surface area contributed by atoms with E-state index < -0.39 is 23.6 Å². The minimum Gasteiger partial charge on any atom is -0.476 e. The maximum absolute atomic E-state index is 11.9. The first kappa shape index (κ1) is 12.0. The summed E-state index contributed by atoms with van der Waals surface area (Å²) >= 11 is 0. The first-order valence-corrected chi connectivity index (χ1v) is 4.11. The third kappa shape index (κ3) is 2.72. The van der Waals surface area contributed by atoms with Gasteiger partial charge < -0.3 is 10.1 Å². The van der Waals surface area contributed by atoms with Crippen LogP contribution < -0.4 is 10.1 Å². The van der Waals surface area contributed by atoms with Gasteiger partial charge in [-0.25, -0.2) is 13.8 Å². The Morgan fingerprint density at radius 2 is 2.31 bits per heavy atom. The van der Waals surface area contributed by atoms with Crippen molar-refractivity contribution in [2.24, 2.45) is 0 Å². The van der Waals surface area contributed by atoms with Gasteiger partial charge in [0.1, 0.15) is 6.33 Å². The van der Waals surface area contributed by atoms with Crippen molar-refractivity contribution < 1.29 is 18.4 Å². The molecule has 1 aromatic rings. The molecule has 1 heterocycles. The first-order valence-electron chi connectivity index (χ1n) is 4.11. The minimum atomic E-state index is -2.64. The molecule has 88 valence electrons. The Hall–Kier alpha value is -2.06. The van der Waals surface area contributed by atoms with E-state index in [0.29, 0.717) is 0 Å². The van der Waals surface area contributed by atoms with Crippen LogP contribution in [0.1, 0.15) is 0 Å². The lowest BCUT2D eigenvalue weighted by molar-refractivity contribution is -0.385. The van der Waals surface area contributed by atoms with Gasteiger partial charge in [-0.15, -0.1) is 0 Å². The van der Waals surface area contributed by atoms with Crippen LogP contribution in [-0.2, 0) is 0 Å². The second kappa shape index (κ2) is 5.14. The quantitative estimate of drug-likeness (QED) is 0.605. The molecule has 1 rings (SSSR count). The molecular weight excluding hydrogens is 226 g/mol. The van der Waals surface area contributed by atoms with Gasteiger partial charge in [0.2, 0.25) is 5.82 Å². The molecule has 0 aliphatic heterocycles. The molecule has 16 heavy (non-hydrogen) atoms. The van der Waals surface area contributed by atoms with Gasteiger partial charge in [-0.2, -0.15) is 4.98 Å². The Morgan fingerprint density at radius 3 is 2.81 bits per heavy atom. The molecule has 0 spiro atoms. The SMILES string of the molecule is COc1ncnc(NCC(F)F)c1[N+](=O)[O-]. The van der Waals surface area contributed by atoms with Crippen LogP contribution in [0.15, 0.2) is 6.33 Å². The number of hydrogen-bond acceptors (Lipinski definition) is 6. The number of methoxy groups -OCH3 is 1. The third-order valence-electron chi connectivity index (χ3n) is 1.59. The fourth-order valence-electron chi connectivity index (χ4n) is 0.980. The lowest BCUT2D eigenvalue weighted by atomic mass is 10.4. The number of nitrogens with zero attached hydrogens (tertiary/aromatic N) is 3. The Kier molecular flexibility index (Phi) is 3.86. The van der Waals surface area contributed by atoms with Crippen molar-refractivity contribution in [2.45, 2.75) is 6.43 Å². The van der Waals surface area contributed by atoms with Crippen molar-refractivity contribution in [2.75, 3.05) is 19.0 Å². The first-order chi connectivity index (χ1) is 7.56. The van der Waals surface area contributed by atoms with Crippen LogP contribution in [-0.4, -0.2) is 35.0 Å². The lowest BCUT2D eigenvalue weighted by Crippen LogP contribution is -2.13. The van der Waals surface area contributed by atoms with Gasteiger partial charge in [0.15, 0.2) is 0 Å². The maximum atomic E-state index is 11.9. The lowest BCUT2D eigenvalue weighted by Gasteiger charge is -2.06. The van der Waals surface area contributed by atoms with Crippen molar-refractivity contribution in [3.63, 3.8) is 0 Å². The Balaban J connectivity index is 3.02. The van der Waals surface area contributed by atoms with Gasteiger partial charge >= 0.3 is 5.69 Å². The summed E-state index contributed by atoms with van der Waals surface area (Å²) in [6.07, 6.45) is -1.65. The van der Waals surface area contributed by atoms with Crippen LogP contribution in [0.3, 0.4) is 0 Å². The number of nitro groups is 1. The number of halogens is 2. The van der Waals surface area contributed by atoms with E-state index in [1.807, 2.05) is 0 Å². The summed E-state index contributed by atoms with van der Waals surface area (Å²) < 4.78 is 28.5. The average Bonchev–Trinajstić information content (AvgIpc) is 2.25. The summed E-state index contributed by atoms with van der Waals surface area (Å²) in [5.74, 6) is -0.575. The second-order valence-electron chi connectivity index (χ2n) is 2.61. The van der Waals surface area contributed by atoms with Crippen molar-refractivity contribution in [1.82, 2.24) is 9.97 Å². The van der Waals surface area contributed by atoms with Gasteiger partial charge in [-0.05, 0) is 0 Å². The predicted octanol–water partition coefficient (Wildman–Crippen LogP) is 1.07. The molecule has 0 unspecified atom stereocenters. The summed E-state index contributed by atoms with van der Waals surface area (Å²) in [4.78, 5) is 16.9. The smallest absolute Gasteiger partial charge is 0.372 e. The topological polar surface area (TPSA) is 90.2 Å². The highest BCUT2D eigenvalue weighted by molar-refractivity contribution is 5.60.